The second-order valence-electron chi connectivity index (χ2n) is 4.89. The first-order chi connectivity index (χ1) is 11.5. The Morgan fingerprint density at radius 2 is 1.67 bits per heavy atom. The number of aliphatic hydroxyl groups is 3. The normalized spacial score (nSPS) is 10.5. The van der Waals surface area contributed by atoms with E-state index in [1.807, 2.05) is 6.07 Å². The molecular weight excluding hydrogens is 442 g/mol. The van der Waals surface area contributed by atoms with Crippen molar-refractivity contribution >= 4 is 31.9 Å². The van der Waals surface area contributed by atoms with Gasteiger partial charge in [0.2, 0.25) is 0 Å². The van der Waals surface area contributed by atoms with Crippen molar-refractivity contribution in [3.8, 4) is 23.3 Å². The highest BCUT2D eigenvalue weighted by molar-refractivity contribution is 9.11. The van der Waals surface area contributed by atoms with E-state index in [9.17, 15) is 20.6 Å². The van der Waals surface area contributed by atoms with Gasteiger partial charge in [0.05, 0.1) is 35.0 Å². The van der Waals surface area contributed by atoms with E-state index in [0.29, 0.717) is 36.9 Å². The van der Waals surface area contributed by atoms with E-state index in [4.69, 9.17) is 5.26 Å². The Morgan fingerprint density at radius 1 is 1.00 bits per heavy atom. The zero-order valence-electron chi connectivity index (χ0n) is 12.4. The van der Waals surface area contributed by atoms with E-state index in [1.165, 1.54) is 4.57 Å². The van der Waals surface area contributed by atoms with Crippen molar-refractivity contribution in [2.45, 2.75) is 26.4 Å². The minimum atomic E-state index is -0.344. The van der Waals surface area contributed by atoms with Gasteiger partial charge in [-0.25, -0.2) is 0 Å². The van der Waals surface area contributed by atoms with Crippen LogP contribution >= 0.6 is 31.9 Å². The van der Waals surface area contributed by atoms with Gasteiger partial charge in [-0.1, -0.05) is 12.1 Å². The number of aliphatic hydroxyl groups excluding tert-OH is 3. The van der Waals surface area contributed by atoms with Gasteiger partial charge < -0.3 is 19.9 Å². The van der Waals surface area contributed by atoms with Gasteiger partial charge in [-0.3, -0.25) is 0 Å². The minimum absolute atomic E-state index is 0.0158. The lowest BCUT2D eigenvalue weighted by molar-refractivity contribution is 0.248. The predicted molar refractivity (Wildman–Crippen MR) is 93.4 cm³/mol. The summed E-state index contributed by atoms with van der Waals surface area (Å²) in [6, 6.07) is 7.42. The lowest BCUT2D eigenvalue weighted by atomic mass is 9.93. The Hall–Kier alpha value is -1.68. The number of hydrogen-bond acceptors (Lipinski definition) is 5. The van der Waals surface area contributed by atoms with Crippen LogP contribution in [0.15, 0.2) is 21.2 Å². The first-order valence-corrected chi connectivity index (χ1v) is 8.45. The summed E-state index contributed by atoms with van der Waals surface area (Å²) >= 11 is 6.80. The molecule has 0 saturated carbocycles. The molecule has 0 bridgehead atoms. The SMILES string of the molecule is N#CCn1c(Br)c(-c2ccc(CO)c(CO)c2CO)c(Br)c1C#N. The Bertz CT molecular complexity index is 863. The summed E-state index contributed by atoms with van der Waals surface area (Å²) < 4.78 is 2.52. The molecule has 0 unspecified atom stereocenters. The lowest BCUT2D eigenvalue weighted by Gasteiger charge is -2.15. The summed E-state index contributed by atoms with van der Waals surface area (Å²) in [5.41, 5.74) is 2.91. The molecule has 0 aliphatic carbocycles. The summed E-state index contributed by atoms with van der Waals surface area (Å²) in [5, 5.41) is 47.1. The fourth-order valence-corrected chi connectivity index (χ4v) is 4.30. The molecule has 0 amide bonds. The van der Waals surface area contributed by atoms with Crippen LogP contribution in [-0.2, 0) is 26.4 Å². The van der Waals surface area contributed by atoms with E-state index >= 15 is 0 Å². The molecule has 1 aromatic heterocycles. The van der Waals surface area contributed by atoms with Crippen LogP contribution < -0.4 is 0 Å². The van der Waals surface area contributed by atoms with E-state index in [1.54, 1.807) is 12.1 Å². The summed E-state index contributed by atoms with van der Waals surface area (Å²) in [7, 11) is 0. The molecule has 0 spiro atoms. The number of hydrogen-bond donors (Lipinski definition) is 3. The Labute approximate surface area is 155 Å². The number of nitrogens with zero attached hydrogens (tertiary/aromatic N) is 3. The van der Waals surface area contributed by atoms with Gasteiger partial charge in [-0.15, -0.1) is 0 Å². The second-order valence-corrected chi connectivity index (χ2v) is 6.43. The van der Waals surface area contributed by atoms with E-state index in [2.05, 4.69) is 37.9 Å². The topological polar surface area (TPSA) is 113 Å². The van der Waals surface area contributed by atoms with Gasteiger partial charge in [0.1, 0.15) is 18.3 Å². The van der Waals surface area contributed by atoms with Crippen molar-refractivity contribution in [3.05, 3.63) is 43.6 Å². The standard InChI is InChI=1S/C16H13Br2N3O3/c17-15-13(5-20)21(4-3-19)16(18)14(15)10-2-1-9(6-22)11(7-23)12(10)8-24/h1-2,22-24H,4,6-8H2. The van der Waals surface area contributed by atoms with Gasteiger partial charge in [-0.2, -0.15) is 10.5 Å². The van der Waals surface area contributed by atoms with Crippen LogP contribution in [0.25, 0.3) is 11.1 Å². The van der Waals surface area contributed by atoms with Crippen LogP contribution in [0.3, 0.4) is 0 Å². The lowest BCUT2D eigenvalue weighted by Crippen LogP contribution is -2.03. The van der Waals surface area contributed by atoms with E-state index in [-0.39, 0.29) is 32.1 Å². The zero-order valence-corrected chi connectivity index (χ0v) is 15.6. The van der Waals surface area contributed by atoms with Crippen LogP contribution in [-0.4, -0.2) is 19.9 Å². The molecule has 2 aromatic rings. The highest BCUT2D eigenvalue weighted by Crippen LogP contribution is 2.42. The second kappa shape index (κ2) is 7.93. The van der Waals surface area contributed by atoms with Crippen LogP contribution in [0.1, 0.15) is 22.4 Å². The van der Waals surface area contributed by atoms with Crippen molar-refractivity contribution in [2.75, 3.05) is 0 Å². The zero-order chi connectivity index (χ0) is 17.9. The number of benzene rings is 1. The van der Waals surface area contributed by atoms with Crippen molar-refractivity contribution in [1.29, 1.82) is 10.5 Å². The number of aromatic nitrogens is 1. The molecule has 0 saturated heterocycles. The molecule has 6 nitrogen and oxygen atoms in total. The van der Waals surface area contributed by atoms with Gasteiger partial charge in [0.15, 0.2) is 0 Å². The van der Waals surface area contributed by atoms with Crippen molar-refractivity contribution in [3.63, 3.8) is 0 Å². The summed E-state index contributed by atoms with van der Waals surface area (Å²) in [6.07, 6.45) is 0. The summed E-state index contributed by atoms with van der Waals surface area (Å²) in [6.45, 7) is -0.954. The van der Waals surface area contributed by atoms with Gasteiger partial charge in [0.25, 0.3) is 0 Å². The quantitative estimate of drug-likeness (QED) is 0.642. The van der Waals surface area contributed by atoms with Gasteiger partial charge in [-0.05, 0) is 54.1 Å². The molecule has 1 aromatic carbocycles. The Kier molecular flexibility index (Phi) is 6.16. The van der Waals surface area contributed by atoms with Crippen LogP contribution in [0.5, 0.6) is 0 Å². The highest BCUT2D eigenvalue weighted by atomic mass is 79.9. The average Bonchev–Trinajstić information content (AvgIpc) is 2.83. The maximum Gasteiger partial charge on any atom is 0.137 e. The monoisotopic (exact) mass is 453 g/mol. The maximum absolute atomic E-state index is 9.78. The van der Waals surface area contributed by atoms with E-state index in [0.717, 1.165) is 0 Å². The highest BCUT2D eigenvalue weighted by Gasteiger charge is 2.24. The first-order valence-electron chi connectivity index (χ1n) is 6.86. The third-order valence-electron chi connectivity index (χ3n) is 3.76. The Balaban J connectivity index is 2.84. The third-order valence-corrected chi connectivity index (χ3v) is 5.36. The largest absolute Gasteiger partial charge is 0.392 e. The summed E-state index contributed by atoms with van der Waals surface area (Å²) in [4.78, 5) is 0. The van der Waals surface area contributed by atoms with Crippen molar-refractivity contribution in [2.24, 2.45) is 0 Å². The minimum Gasteiger partial charge on any atom is -0.392 e. The number of nitriles is 2. The van der Waals surface area contributed by atoms with Crippen LogP contribution in [0, 0.1) is 22.7 Å². The molecule has 3 N–H and O–H groups in total. The van der Waals surface area contributed by atoms with E-state index < -0.39 is 0 Å². The summed E-state index contributed by atoms with van der Waals surface area (Å²) in [5.74, 6) is 0. The fourth-order valence-electron chi connectivity index (χ4n) is 2.62. The smallest absolute Gasteiger partial charge is 0.137 e. The molecule has 8 heteroatoms. The number of rotatable bonds is 5. The van der Waals surface area contributed by atoms with Crippen LogP contribution in [0.4, 0.5) is 0 Å². The molecule has 0 radical (unpaired) electrons. The fraction of sp³-hybridized carbons (Fsp3) is 0.250. The molecular formula is C16H13Br2N3O3. The third kappa shape index (κ3) is 3.00. The molecule has 0 fully saturated rings. The molecule has 2 rings (SSSR count). The number of halogens is 2. The molecule has 124 valence electrons. The van der Waals surface area contributed by atoms with Gasteiger partial charge >= 0.3 is 0 Å². The van der Waals surface area contributed by atoms with Crippen molar-refractivity contribution < 1.29 is 15.3 Å². The maximum atomic E-state index is 9.78. The average molecular weight is 455 g/mol. The molecule has 0 aliphatic rings. The molecule has 0 atom stereocenters. The van der Waals surface area contributed by atoms with Crippen molar-refractivity contribution in [1.82, 2.24) is 4.57 Å². The predicted octanol–water partition coefficient (Wildman–Crippen LogP) is 2.55. The Morgan fingerprint density at radius 3 is 2.17 bits per heavy atom. The molecule has 1 heterocycles. The molecule has 24 heavy (non-hydrogen) atoms. The molecule has 0 aliphatic heterocycles. The van der Waals surface area contributed by atoms with Crippen LogP contribution in [0.2, 0.25) is 0 Å². The first kappa shape index (κ1) is 18.7. The van der Waals surface area contributed by atoms with Gasteiger partial charge in [0, 0.05) is 5.56 Å².